The van der Waals surface area contributed by atoms with E-state index in [0.29, 0.717) is 13.2 Å². The smallest absolute Gasteiger partial charge is 0.252 e. The van der Waals surface area contributed by atoms with Crippen LogP contribution in [0.5, 0.6) is 0 Å². The summed E-state index contributed by atoms with van der Waals surface area (Å²) in [5, 5.41) is 3.12. The first-order valence-electron chi connectivity index (χ1n) is 4.55. The summed E-state index contributed by atoms with van der Waals surface area (Å²) in [6.07, 6.45) is 0. The molecule has 1 rings (SSSR count). The van der Waals surface area contributed by atoms with E-state index in [9.17, 15) is 4.79 Å². The van der Waals surface area contributed by atoms with Crippen molar-refractivity contribution in [2.75, 3.05) is 25.6 Å². The molecule has 0 atom stereocenters. The summed E-state index contributed by atoms with van der Waals surface area (Å²) in [5.74, 6) is 0. The van der Waals surface area contributed by atoms with E-state index in [1.165, 1.54) is 0 Å². The fourth-order valence-electron chi connectivity index (χ4n) is 1.17. The number of pyridine rings is 1. The number of aromatic nitrogens is 1. The van der Waals surface area contributed by atoms with Crippen molar-refractivity contribution in [2.45, 2.75) is 6.92 Å². The van der Waals surface area contributed by atoms with Gasteiger partial charge in [0.2, 0.25) is 0 Å². The Labute approximate surface area is 83.5 Å². The Kier molecular flexibility index (Phi) is 3.71. The molecule has 0 bridgehead atoms. The molecular formula is C10H16N2O2. The highest BCUT2D eigenvalue weighted by atomic mass is 16.5. The van der Waals surface area contributed by atoms with Gasteiger partial charge >= 0.3 is 0 Å². The molecule has 1 aromatic rings. The van der Waals surface area contributed by atoms with E-state index in [-0.39, 0.29) is 5.56 Å². The van der Waals surface area contributed by atoms with Gasteiger partial charge in [-0.1, -0.05) is 0 Å². The molecule has 0 aliphatic rings. The molecule has 78 valence electrons. The first-order valence-corrected chi connectivity index (χ1v) is 4.55. The Morgan fingerprint density at radius 1 is 1.50 bits per heavy atom. The van der Waals surface area contributed by atoms with Crippen molar-refractivity contribution in [3.63, 3.8) is 0 Å². The van der Waals surface area contributed by atoms with Crippen LogP contribution in [0.3, 0.4) is 0 Å². The summed E-state index contributed by atoms with van der Waals surface area (Å²) in [7, 11) is 3.41. The lowest BCUT2D eigenvalue weighted by Crippen LogP contribution is -2.19. The van der Waals surface area contributed by atoms with E-state index in [4.69, 9.17) is 4.74 Å². The molecule has 0 radical (unpaired) electrons. The van der Waals surface area contributed by atoms with Gasteiger partial charge < -0.3 is 14.6 Å². The number of nitrogens with one attached hydrogen (secondary N) is 1. The second-order valence-electron chi connectivity index (χ2n) is 3.20. The van der Waals surface area contributed by atoms with Crippen molar-refractivity contribution >= 4 is 5.69 Å². The lowest BCUT2D eigenvalue weighted by Gasteiger charge is -2.08. The molecule has 0 aromatic carbocycles. The van der Waals surface area contributed by atoms with Gasteiger partial charge in [-0.15, -0.1) is 0 Å². The molecule has 1 heterocycles. The van der Waals surface area contributed by atoms with Crippen LogP contribution < -0.4 is 10.9 Å². The normalized spacial score (nSPS) is 10.2. The molecule has 0 unspecified atom stereocenters. The average molecular weight is 196 g/mol. The van der Waals surface area contributed by atoms with Crippen molar-refractivity contribution in [2.24, 2.45) is 7.05 Å². The minimum Gasteiger partial charge on any atom is -0.383 e. The predicted octanol–water partition coefficient (Wildman–Crippen LogP) is 0.752. The molecule has 1 N–H and O–H groups in total. The molecule has 4 nitrogen and oxygen atoms in total. The lowest BCUT2D eigenvalue weighted by atomic mass is 10.3. The minimum absolute atomic E-state index is 0.00455. The topological polar surface area (TPSA) is 43.3 Å². The first kappa shape index (κ1) is 10.8. The van der Waals surface area contributed by atoms with Crippen LogP contribution in [0, 0.1) is 6.92 Å². The average Bonchev–Trinajstić information content (AvgIpc) is 2.14. The van der Waals surface area contributed by atoms with Crippen molar-refractivity contribution in [1.82, 2.24) is 4.57 Å². The molecule has 4 heteroatoms. The summed E-state index contributed by atoms with van der Waals surface area (Å²) in [4.78, 5) is 11.4. The number of aryl methyl sites for hydroxylation is 1. The van der Waals surface area contributed by atoms with Crippen LogP contribution in [0.15, 0.2) is 16.9 Å². The van der Waals surface area contributed by atoms with Crippen LogP contribution in [0.4, 0.5) is 5.69 Å². The Hall–Kier alpha value is -1.29. The van der Waals surface area contributed by atoms with E-state index in [2.05, 4.69) is 5.32 Å². The molecule has 0 saturated carbocycles. The largest absolute Gasteiger partial charge is 0.383 e. The monoisotopic (exact) mass is 196 g/mol. The Morgan fingerprint density at radius 2 is 2.21 bits per heavy atom. The van der Waals surface area contributed by atoms with E-state index in [0.717, 1.165) is 11.4 Å². The van der Waals surface area contributed by atoms with Gasteiger partial charge in [-0.05, 0) is 13.0 Å². The fourth-order valence-corrected chi connectivity index (χ4v) is 1.17. The van der Waals surface area contributed by atoms with Crippen molar-refractivity contribution in [1.29, 1.82) is 0 Å². The minimum atomic E-state index is 0.00455. The summed E-state index contributed by atoms with van der Waals surface area (Å²) >= 11 is 0. The number of ether oxygens (including phenoxy) is 1. The zero-order chi connectivity index (χ0) is 10.6. The van der Waals surface area contributed by atoms with Crippen molar-refractivity contribution in [3.8, 4) is 0 Å². The summed E-state index contributed by atoms with van der Waals surface area (Å²) < 4.78 is 6.51. The van der Waals surface area contributed by atoms with Gasteiger partial charge in [0.25, 0.3) is 5.56 Å². The number of rotatable bonds is 4. The maximum atomic E-state index is 11.4. The second-order valence-corrected chi connectivity index (χ2v) is 3.20. The molecule has 0 aliphatic carbocycles. The zero-order valence-electron chi connectivity index (χ0n) is 8.83. The van der Waals surface area contributed by atoms with Crippen LogP contribution in [-0.4, -0.2) is 24.8 Å². The Morgan fingerprint density at radius 3 is 2.79 bits per heavy atom. The third kappa shape index (κ3) is 2.60. The zero-order valence-corrected chi connectivity index (χ0v) is 8.83. The van der Waals surface area contributed by atoms with E-state index in [1.54, 1.807) is 24.8 Å². The predicted molar refractivity (Wildman–Crippen MR) is 56.8 cm³/mol. The van der Waals surface area contributed by atoms with Crippen LogP contribution in [0.25, 0.3) is 0 Å². The molecule has 1 aromatic heterocycles. The number of nitrogens with zero attached hydrogens (tertiary/aromatic N) is 1. The summed E-state index contributed by atoms with van der Waals surface area (Å²) in [5.41, 5.74) is 1.80. The van der Waals surface area contributed by atoms with Crippen LogP contribution in [-0.2, 0) is 11.8 Å². The van der Waals surface area contributed by atoms with Gasteiger partial charge in [-0.3, -0.25) is 4.79 Å². The van der Waals surface area contributed by atoms with Gasteiger partial charge in [-0.2, -0.15) is 0 Å². The molecule has 0 fully saturated rings. The third-order valence-corrected chi connectivity index (χ3v) is 2.14. The van der Waals surface area contributed by atoms with Crippen LogP contribution in [0.2, 0.25) is 0 Å². The lowest BCUT2D eigenvalue weighted by molar-refractivity contribution is 0.211. The molecular weight excluding hydrogens is 180 g/mol. The first-order chi connectivity index (χ1) is 6.65. The highest BCUT2D eigenvalue weighted by Crippen LogP contribution is 2.04. The highest BCUT2D eigenvalue weighted by Gasteiger charge is 1.98. The van der Waals surface area contributed by atoms with E-state index >= 15 is 0 Å². The number of hydrogen-bond acceptors (Lipinski definition) is 3. The molecule has 0 saturated heterocycles. The maximum Gasteiger partial charge on any atom is 0.252 e. The second kappa shape index (κ2) is 4.81. The van der Waals surface area contributed by atoms with Gasteiger partial charge in [0.1, 0.15) is 0 Å². The quantitative estimate of drug-likeness (QED) is 0.723. The highest BCUT2D eigenvalue weighted by molar-refractivity contribution is 5.43. The number of methoxy groups -OCH3 is 1. The molecule has 0 spiro atoms. The van der Waals surface area contributed by atoms with Gasteiger partial charge in [-0.25, -0.2) is 0 Å². The Bertz CT molecular complexity index is 358. The van der Waals surface area contributed by atoms with Crippen LogP contribution >= 0.6 is 0 Å². The Balaban J connectivity index is 2.75. The van der Waals surface area contributed by atoms with Crippen molar-refractivity contribution in [3.05, 3.63) is 28.2 Å². The fraction of sp³-hybridized carbons (Fsp3) is 0.500. The van der Waals surface area contributed by atoms with E-state index in [1.807, 2.05) is 13.0 Å². The molecule has 0 amide bonds. The van der Waals surface area contributed by atoms with Crippen molar-refractivity contribution < 1.29 is 4.74 Å². The summed E-state index contributed by atoms with van der Waals surface area (Å²) in [6.45, 7) is 3.25. The standard InChI is InChI=1S/C10H16N2O2/c1-8-6-9(11-4-5-14-3)7-10(13)12(8)2/h6-7,11H,4-5H2,1-3H3. The maximum absolute atomic E-state index is 11.4. The summed E-state index contributed by atoms with van der Waals surface area (Å²) in [6, 6.07) is 3.53. The van der Waals surface area contributed by atoms with Crippen LogP contribution in [0.1, 0.15) is 5.69 Å². The number of hydrogen-bond donors (Lipinski definition) is 1. The van der Waals surface area contributed by atoms with Gasteiger partial charge in [0.05, 0.1) is 6.61 Å². The van der Waals surface area contributed by atoms with E-state index < -0.39 is 0 Å². The third-order valence-electron chi connectivity index (χ3n) is 2.14. The number of anilines is 1. The van der Waals surface area contributed by atoms with Gasteiger partial charge in [0, 0.05) is 38.1 Å². The SMILES string of the molecule is COCCNc1cc(C)n(C)c(=O)c1. The molecule has 0 aliphatic heterocycles. The molecule has 14 heavy (non-hydrogen) atoms. The van der Waals surface area contributed by atoms with Gasteiger partial charge in [0.15, 0.2) is 0 Å².